The Balaban J connectivity index is 1.91. The van der Waals surface area contributed by atoms with Gasteiger partial charge in [0, 0.05) is 10.4 Å². The fourth-order valence-corrected chi connectivity index (χ4v) is 3.26. The van der Waals surface area contributed by atoms with Crippen LogP contribution in [0.15, 0.2) is 54.6 Å². The molecule has 3 rings (SSSR count). The molecule has 1 aromatic heterocycles. The van der Waals surface area contributed by atoms with E-state index in [1.807, 2.05) is 18.2 Å². The molecular formula is C19H16F2S. The highest BCUT2D eigenvalue weighted by molar-refractivity contribution is 7.13. The van der Waals surface area contributed by atoms with Crippen molar-refractivity contribution in [3.05, 3.63) is 71.1 Å². The van der Waals surface area contributed by atoms with Crippen LogP contribution in [0.4, 0.5) is 8.78 Å². The SMILES string of the molecule is CCCc1ccc(-c2ccc(-c3ccc(F)s3)c(F)c2)cc1. The van der Waals surface area contributed by atoms with Crippen LogP contribution in [0.3, 0.4) is 0 Å². The Morgan fingerprint density at radius 3 is 2.18 bits per heavy atom. The summed E-state index contributed by atoms with van der Waals surface area (Å²) in [7, 11) is 0. The van der Waals surface area contributed by atoms with Gasteiger partial charge < -0.3 is 0 Å². The minimum absolute atomic E-state index is 0.301. The van der Waals surface area contributed by atoms with Crippen LogP contribution in [-0.4, -0.2) is 0 Å². The summed E-state index contributed by atoms with van der Waals surface area (Å²) in [4.78, 5) is 0.611. The molecular weight excluding hydrogens is 298 g/mol. The maximum atomic E-state index is 14.3. The van der Waals surface area contributed by atoms with Crippen molar-refractivity contribution in [3.63, 3.8) is 0 Å². The molecule has 0 amide bonds. The van der Waals surface area contributed by atoms with E-state index < -0.39 is 0 Å². The molecule has 0 unspecified atom stereocenters. The van der Waals surface area contributed by atoms with E-state index in [-0.39, 0.29) is 10.9 Å². The standard InChI is InChI=1S/C19H16F2S/c1-2-3-13-4-6-14(7-5-13)15-8-9-16(17(20)12-15)18-10-11-19(21)22-18/h4-12H,2-3H2,1H3. The van der Waals surface area contributed by atoms with Crippen LogP contribution in [0.1, 0.15) is 18.9 Å². The van der Waals surface area contributed by atoms with Crippen molar-refractivity contribution in [1.29, 1.82) is 0 Å². The molecule has 2 aromatic carbocycles. The Labute approximate surface area is 133 Å². The van der Waals surface area contributed by atoms with E-state index in [0.717, 1.165) is 35.3 Å². The van der Waals surface area contributed by atoms with Crippen molar-refractivity contribution < 1.29 is 8.78 Å². The third-order valence-corrected chi connectivity index (χ3v) is 4.54. The molecule has 0 bridgehead atoms. The molecule has 0 spiro atoms. The van der Waals surface area contributed by atoms with E-state index >= 15 is 0 Å². The lowest BCUT2D eigenvalue weighted by molar-refractivity contribution is 0.632. The topological polar surface area (TPSA) is 0 Å². The van der Waals surface area contributed by atoms with Gasteiger partial charge in [-0.15, -0.1) is 11.3 Å². The molecule has 0 nitrogen and oxygen atoms in total. The smallest absolute Gasteiger partial charge is 0.176 e. The van der Waals surface area contributed by atoms with Crippen LogP contribution in [-0.2, 0) is 6.42 Å². The summed E-state index contributed by atoms with van der Waals surface area (Å²) < 4.78 is 27.4. The number of hydrogen-bond donors (Lipinski definition) is 0. The lowest BCUT2D eigenvalue weighted by atomic mass is 10.0. The van der Waals surface area contributed by atoms with Gasteiger partial charge in [-0.3, -0.25) is 0 Å². The molecule has 0 saturated carbocycles. The van der Waals surface area contributed by atoms with E-state index in [1.165, 1.54) is 17.7 Å². The number of aryl methyl sites for hydroxylation is 1. The highest BCUT2D eigenvalue weighted by atomic mass is 32.1. The van der Waals surface area contributed by atoms with Crippen molar-refractivity contribution in [2.45, 2.75) is 19.8 Å². The largest absolute Gasteiger partial charge is 0.206 e. The second-order valence-corrected chi connectivity index (χ2v) is 6.28. The number of hydrogen-bond acceptors (Lipinski definition) is 1. The van der Waals surface area contributed by atoms with Gasteiger partial charge in [0.2, 0.25) is 0 Å². The van der Waals surface area contributed by atoms with Crippen molar-refractivity contribution in [3.8, 4) is 21.6 Å². The molecule has 0 aliphatic rings. The molecule has 0 fully saturated rings. The van der Waals surface area contributed by atoms with E-state index in [2.05, 4.69) is 19.1 Å². The fraction of sp³-hybridized carbons (Fsp3) is 0.158. The second kappa shape index (κ2) is 6.41. The molecule has 3 heteroatoms. The van der Waals surface area contributed by atoms with Gasteiger partial charge in [0.15, 0.2) is 5.13 Å². The number of benzene rings is 2. The molecule has 0 saturated heterocycles. The minimum atomic E-state index is -0.322. The van der Waals surface area contributed by atoms with Crippen LogP contribution >= 0.6 is 11.3 Å². The van der Waals surface area contributed by atoms with Gasteiger partial charge in [-0.2, -0.15) is 4.39 Å². The van der Waals surface area contributed by atoms with Crippen molar-refractivity contribution in [2.75, 3.05) is 0 Å². The lowest BCUT2D eigenvalue weighted by Gasteiger charge is -2.06. The third-order valence-electron chi connectivity index (χ3n) is 3.63. The molecule has 3 aromatic rings. The Bertz CT molecular complexity index is 772. The Morgan fingerprint density at radius 2 is 1.59 bits per heavy atom. The second-order valence-electron chi connectivity index (χ2n) is 5.25. The summed E-state index contributed by atoms with van der Waals surface area (Å²) in [6, 6.07) is 16.3. The van der Waals surface area contributed by atoms with Crippen LogP contribution in [0.5, 0.6) is 0 Å². The first-order chi connectivity index (χ1) is 10.7. The van der Waals surface area contributed by atoms with E-state index in [4.69, 9.17) is 0 Å². The molecule has 0 N–H and O–H groups in total. The van der Waals surface area contributed by atoms with Crippen molar-refractivity contribution in [1.82, 2.24) is 0 Å². The molecule has 22 heavy (non-hydrogen) atoms. The van der Waals surface area contributed by atoms with Crippen LogP contribution in [0.2, 0.25) is 0 Å². The predicted octanol–water partition coefficient (Wildman–Crippen LogP) is 6.31. The van der Waals surface area contributed by atoms with Gasteiger partial charge >= 0.3 is 0 Å². The van der Waals surface area contributed by atoms with Gasteiger partial charge in [-0.05, 0) is 47.4 Å². The van der Waals surface area contributed by atoms with Crippen molar-refractivity contribution in [2.24, 2.45) is 0 Å². The summed E-state index contributed by atoms with van der Waals surface area (Å²) in [6.45, 7) is 2.15. The summed E-state index contributed by atoms with van der Waals surface area (Å²) in [6.07, 6.45) is 2.16. The summed E-state index contributed by atoms with van der Waals surface area (Å²) in [5, 5.41) is -0.301. The predicted molar refractivity (Wildman–Crippen MR) is 89.1 cm³/mol. The van der Waals surface area contributed by atoms with Gasteiger partial charge in [-0.1, -0.05) is 43.7 Å². The Kier molecular flexibility index (Phi) is 4.34. The molecule has 0 aliphatic carbocycles. The number of thiophene rings is 1. The average molecular weight is 314 g/mol. The van der Waals surface area contributed by atoms with Crippen LogP contribution in [0, 0.1) is 10.9 Å². The number of rotatable bonds is 4. The summed E-state index contributed by atoms with van der Waals surface area (Å²) >= 11 is 0.957. The zero-order valence-corrected chi connectivity index (χ0v) is 13.1. The Morgan fingerprint density at radius 1 is 0.864 bits per heavy atom. The highest BCUT2D eigenvalue weighted by Gasteiger charge is 2.10. The van der Waals surface area contributed by atoms with Crippen LogP contribution < -0.4 is 0 Å². The zero-order chi connectivity index (χ0) is 15.5. The lowest BCUT2D eigenvalue weighted by Crippen LogP contribution is -1.86. The van der Waals surface area contributed by atoms with Gasteiger partial charge in [0.25, 0.3) is 0 Å². The Hall–Kier alpha value is -2.00. The normalized spacial score (nSPS) is 10.9. The molecule has 0 aliphatic heterocycles. The monoisotopic (exact) mass is 314 g/mol. The van der Waals surface area contributed by atoms with E-state index in [0.29, 0.717) is 10.4 Å². The van der Waals surface area contributed by atoms with E-state index in [1.54, 1.807) is 12.1 Å². The van der Waals surface area contributed by atoms with Gasteiger partial charge in [0.1, 0.15) is 5.82 Å². The molecule has 0 radical (unpaired) electrons. The molecule has 112 valence electrons. The first kappa shape index (κ1) is 14.9. The maximum absolute atomic E-state index is 14.3. The van der Waals surface area contributed by atoms with Crippen LogP contribution in [0.25, 0.3) is 21.6 Å². The molecule has 1 heterocycles. The minimum Gasteiger partial charge on any atom is -0.206 e. The van der Waals surface area contributed by atoms with Crippen molar-refractivity contribution >= 4 is 11.3 Å². The van der Waals surface area contributed by atoms with Gasteiger partial charge in [0.05, 0.1) is 0 Å². The first-order valence-electron chi connectivity index (χ1n) is 7.32. The summed E-state index contributed by atoms with van der Waals surface area (Å²) in [5.41, 5.74) is 3.56. The van der Waals surface area contributed by atoms with Gasteiger partial charge in [-0.25, -0.2) is 4.39 Å². The maximum Gasteiger partial charge on any atom is 0.176 e. The summed E-state index contributed by atoms with van der Waals surface area (Å²) in [5.74, 6) is -0.322. The quantitative estimate of drug-likeness (QED) is 0.529. The average Bonchev–Trinajstić information content (AvgIpc) is 2.94. The zero-order valence-electron chi connectivity index (χ0n) is 12.3. The third kappa shape index (κ3) is 3.09. The highest BCUT2D eigenvalue weighted by Crippen LogP contribution is 2.32. The van der Waals surface area contributed by atoms with E-state index in [9.17, 15) is 8.78 Å². The number of halogens is 2. The fourth-order valence-electron chi connectivity index (χ4n) is 2.51. The first-order valence-corrected chi connectivity index (χ1v) is 8.13. The molecule has 0 atom stereocenters.